The van der Waals surface area contributed by atoms with Gasteiger partial charge in [-0.2, -0.15) is 5.10 Å². The molecule has 31 heavy (non-hydrogen) atoms. The molecule has 0 spiro atoms. The van der Waals surface area contributed by atoms with Gasteiger partial charge in [0.1, 0.15) is 11.5 Å². The summed E-state index contributed by atoms with van der Waals surface area (Å²) in [7, 11) is 1.83. The maximum Gasteiger partial charge on any atom is 0.257 e. The van der Waals surface area contributed by atoms with Gasteiger partial charge < -0.3 is 4.90 Å². The first-order valence-corrected chi connectivity index (χ1v) is 9.98. The number of carbonyl (C=O) groups excluding carboxylic acids is 1. The number of nitrogens with zero attached hydrogens (tertiary/aromatic N) is 5. The molecule has 6 nitrogen and oxygen atoms in total. The highest BCUT2D eigenvalue weighted by molar-refractivity contribution is 6.05. The second-order valence-electron chi connectivity index (χ2n) is 7.72. The average Bonchev–Trinajstić information content (AvgIpc) is 3.30. The van der Waals surface area contributed by atoms with Crippen LogP contribution in [0.1, 0.15) is 27.3 Å². The molecule has 4 aromatic rings. The van der Waals surface area contributed by atoms with E-state index in [2.05, 4.69) is 15.1 Å². The number of aryl methyl sites for hydroxylation is 2. The SMILES string of the molecule is Cc1ccc(CN2Cc3nccc(-c4cn(C)nc4-c4ccc(F)cc4)c3C2=O)cn1. The summed E-state index contributed by atoms with van der Waals surface area (Å²) < 4.78 is 15.1. The van der Waals surface area contributed by atoms with Crippen LogP contribution in [0.3, 0.4) is 0 Å². The summed E-state index contributed by atoms with van der Waals surface area (Å²) in [6, 6.07) is 12.0. The third-order valence-corrected chi connectivity index (χ3v) is 5.45. The molecule has 3 aromatic heterocycles. The molecular weight excluding hydrogens is 393 g/mol. The molecule has 0 atom stereocenters. The molecular formula is C24H20FN5O. The zero-order valence-electron chi connectivity index (χ0n) is 17.2. The molecule has 0 saturated heterocycles. The van der Waals surface area contributed by atoms with E-state index >= 15 is 0 Å². The van der Waals surface area contributed by atoms with E-state index in [0.29, 0.717) is 24.3 Å². The van der Waals surface area contributed by atoms with Crippen molar-refractivity contribution in [1.82, 2.24) is 24.6 Å². The van der Waals surface area contributed by atoms with E-state index in [-0.39, 0.29) is 11.7 Å². The first-order valence-electron chi connectivity index (χ1n) is 9.98. The van der Waals surface area contributed by atoms with E-state index in [1.165, 1.54) is 12.1 Å². The smallest absolute Gasteiger partial charge is 0.257 e. The summed E-state index contributed by atoms with van der Waals surface area (Å²) >= 11 is 0. The minimum Gasteiger partial charge on any atom is -0.328 e. The zero-order valence-corrected chi connectivity index (χ0v) is 17.2. The lowest BCUT2D eigenvalue weighted by Crippen LogP contribution is -2.23. The van der Waals surface area contributed by atoms with Crippen molar-refractivity contribution < 1.29 is 9.18 Å². The number of rotatable bonds is 4. The van der Waals surface area contributed by atoms with Crippen molar-refractivity contribution in [3.8, 4) is 22.4 Å². The number of halogens is 1. The fourth-order valence-electron chi connectivity index (χ4n) is 3.95. The van der Waals surface area contributed by atoms with Crippen LogP contribution in [0.2, 0.25) is 0 Å². The molecule has 0 radical (unpaired) electrons. The van der Waals surface area contributed by atoms with Gasteiger partial charge >= 0.3 is 0 Å². The van der Waals surface area contributed by atoms with Crippen molar-refractivity contribution in [2.24, 2.45) is 7.05 Å². The van der Waals surface area contributed by atoms with Crippen LogP contribution in [0.4, 0.5) is 4.39 Å². The van der Waals surface area contributed by atoms with Gasteiger partial charge in [-0.25, -0.2) is 4.39 Å². The van der Waals surface area contributed by atoms with Crippen molar-refractivity contribution in [2.75, 3.05) is 0 Å². The maximum absolute atomic E-state index is 13.4. The number of amides is 1. The lowest BCUT2D eigenvalue weighted by molar-refractivity contribution is 0.0766. The largest absolute Gasteiger partial charge is 0.328 e. The standard InChI is InChI=1S/C24H20FN5O/c1-15-3-4-16(11-27-15)12-30-14-21-22(24(30)31)19(9-10-26-21)20-13-29(2)28-23(20)17-5-7-18(25)8-6-17/h3-11,13H,12,14H2,1-2H3. The monoisotopic (exact) mass is 413 g/mol. The number of benzene rings is 1. The van der Waals surface area contributed by atoms with Crippen LogP contribution in [0.5, 0.6) is 0 Å². The van der Waals surface area contributed by atoms with Crippen LogP contribution in [-0.2, 0) is 20.1 Å². The molecule has 0 unspecified atom stereocenters. The van der Waals surface area contributed by atoms with E-state index < -0.39 is 0 Å². The number of carbonyl (C=O) groups is 1. The molecule has 0 fully saturated rings. The fraction of sp³-hybridized carbons (Fsp3) is 0.167. The van der Waals surface area contributed by atoms with Crippen LogP contribution in [0.25, 0.3) is 22.4 Å². The van der Waals surface area contributed by atoms with Crippen molar-refractivity contribution in [1.29, 1.82) is 0 Å². The van der Waals surface area contributed by atoms with E-state index in [1.54, 1.807) is 34.1 Å². The Balaban J connectivity index is 1.54. The number of fused-ring (bicyclic) bond motifs is 1. The number of hydrogen-bond acceptors (Lipinski definition) is 4. The van der Waals surface area contributed by atoms with Gasteiger partial charge in [-0.3, -0.25) is 19.4 Å². The predicted octanol–water partition coefficient (Wildman–Crippen LogP) is 4.15. The zero-order chi connectivity index (χ0) is 21.5. The van der Waals surface area contributed by atoms with Crippen LogP contribution < -0.4 is 0 Å². The highest BCUT2D eigenvalue weighted by Crippen LogP contribution is 2.37. The molecule has 7 heteroatoms. The van der Waals surface area contributed by atoms with Gasteiger partial charge in [0.25, 0.3) is 5.91 Å². The first-order chi connectivity index (χ1) is 15.0. The van der Waals surface area contributed by atoms with Gasteiger partial charge in [-0.05, 0) is 48.9 Å². The van der Waals surface area contributed by atoms with Crippen LogP contribution >= 0.6 is 0 Å². The van der Waals surface area contributed by atoms with Gasteiger partial charge in [-0.1, -0.05) is 6.07 Å². The van der Waals surface area contributed by atoms with Crippen molar-refractivity contribution in [2.45, 2.75) is 20.0 Å². The highest BCUT2D eigenvalue weighted by Gasteiger charge is 2.32. The molecule has 0 N–H and O–H groups in total. The molecule has 0 saturated carbocycles. The molecule has 0 bridgehead atoms. The number of hydrogen-bond donors (Lipinski definition) is 0. The van der Waals surface area contributed by atoms with Crippen molar-refractivity contribution >= 4 is 5.91 Å². The van der Waals surface area contributed by atoms with Gasteiger partial charge in [-0.15, -0.1) is 0 Å². The molecule has 1 amide bonds. The second kappa shape index (κ2) is 7.43. The number of aromatic nitrogens is 4. The minimum absolute atomic E-state index is 0.0624. The Bertz CT molecular complexity index is 1280. The first kappa shape index (κ1) is 19.1. The maximum atomic E-state index is 13.4. The Morgan fingerprint density at radius 2 is 1.84 bits per heavy atom. The Morgan fingerprint density at radius 1 is 1.03 bits per heavy atom. The van der Waals surface area contributed by atoms with Gasteiger partial charge in [0, 0.05) is 54.6 Å². The summed E-state index contributed by atoms with van der Waals surface area (Å²) in [6.45, 7) is 2.85. The lowest BCUT2D eigenvalue weighted by atomic mass is 9.97. The summed E-state index contributed by atoms with van der Waals surface area (Å²) in [5.41, 5.74) is 6.35. The molecule has 4 heterocycles. The van der Waals surface area contributed by atoms with E-state index in [9.17, 15) is 9.18 Å². The second-order valence-corrected chi connectivity index (χ2v) is 7.72. The third kappa shape index (κ3) is 3.48. The van der Waals surface area contributed by atoms with Gasteiger partial charge in [0.15, 0.2) is 0 Å². The normalized spacial score (nSPS) is 13.0. The molecule has 0 aliphatic carbocycles. The summed E-state index contributed by atoms with van der Waals surface area (Å²) in [5.74, 6) is -0.366. The predicted molar refractivity (Wildman–Crippen MR) is 114 cm³/mol. The average molecular weight is 413 g/mol. The summed E-state index contributed by atoms with van der Waals surface area (Å²) in [5, 5.41) is 4.57. The van der Waals surface area contributed by atoms with E-state index in [0.717, 1.165) is 33.6 Å². The molecule has 5 rings (SSSR count). The molecule has 154 valence electrons. The Labute approximate surface area is 179 Å². The molecule has 1 aromatic carbocycles. The summed E-state index contributed by atoms with van der Waals surface area (Å²) in [4.78, 5) is 23.9. The lowest BCUT2D eigenvalue weighted by Gasteiger charge is -2.15. The Morgan fingerprint density at radius 3 is 2.58 bits per heavy atom. The van der Waals surface area contributed by atoms with Gasteiger partial charge in [0.05, 0.1) is 17.8 Å². The Hall–Kier alpha value is -3.87. The van der Waals surface area contributed by atoms with Crippen molar-refractivity contribution in [3.63, 3.8) is 0 Å². The highest BCUT2D eigenvalue weighted by atomic mass is 19.1. The van der Waals surface area contributed by atoms with Crippen LogP contribution in [0, 0.1) is 12.7 Å². The third-order valence-electron chi connectivity index (χ3n) is 5.45. The fourth-order valence-corrected chi connectivity index (χ4v) is 3.95. The van der Waals surface area contributed by atoms with E-state index in [1.807, 2.05) is 38.4 Å². The Kier molecular flexibility index (Phi) is 4.58. The molecule has 1 aliphatic heterocycles. The topological polar surface area (TPSA) is 63.9 Å². The van der Waals surface area contributed by atoms with Crippen LogP contribution in [0.15, 0.2) is 61.1 Å². The van der Waals surface area contributed by atoms with Gasteiger partial charge in [0.2, 0.25) is 0 Å². The number of pyridine rings is 2. The van der Waals surface area contributed by atoms with Crippen molar-refractivity contribution in [3.05, 3.63) is 89.4 Å². The summed E-state index contributed by atoms with van der Waals surface area (Å²) in [6.07, 6.45) is 5.40. The quantitative estimate of drug-likeness (QED) is 0.504. The molecule has 1 aliphatic rings. The van der Waals surface area contributed by atoms with Crippen LogP contribution in [-0.4, -0.2) is 30.6 Å². The minimum atomic E-state index is -0.303. The van der Waals surface area contributed by atoms with E-state index in [4.69, 9.17) is 0 Å².